The third-order valence-corrected chi connectivity index (χ3v) is 10.1. The SMILES string of the molecule is Cc1cccn2c(=O)c(C=C3SC(=S)N(c4c(C)n(C)n(-c5ccccc5)c4=O)C3=O)c(N3CCN(Cc4ccccc4)CC3)nc12. The molecule has 0 aliphatic carbocycles. The van der Waals surface area contributed by atoms with Crippen molar-refractivity contribution in [3.63, 3.8) is 0 Å². The van der Waals surface area contributed by atoms with Crippen molar-refractivity contribution in [3.8, 4) is 5.69 Å². The van der Waals surface area contributed by atoms with E-state index in [0.717, 1.165) is 37.0 Å². The molecule has 0 N–H and O–H groups in total. The predicted octanol–water partition coefficient (Wildman–Crippen LogP) is 4.53. The van der Waals surface area contributed by atoms with Crippen LogP contribution in [0, 0.1) is 13.8 Å². The van der Waals surface area contributed by atoms with Gasteiger partial charge in [0.25, 0.3) is 17.0 Å². The lowest BCUT2D eigenvalue weighted by Crippen LogP contribution is -2.47. The van der Waals surface area contributed by atoms with Crippen LogP contribution in [0.4, 0.5) is 11.5 Å². The third kappa shape index (κ3) is 5.52. The summed E-state index contributed by atoms with van der Waals surface area (Å²) in [6.45, 7) is 7.51. The maximum absolute atomic E-state index is 14.1. The number of amides is 1. The van der Waals surface area contributed by atoms with Crippen molar-refractivity contribution < 1.29 is 4.79 Å². The molecule has 1 amide bonds. The van der Waals surface area contributed by atoms with Gasteiger partial charge in [-0.05, 0) is 49.2 Å². The zero-order valence-corrected chi connectivity index (χ0v) is 27.9. The van der Waals surface area contributed by atoms with Gasteiger partial charge in [0.1, 0.15) is 17.2 Å². The highest BCUT2D eigenvalue weighted by Crippen LogP contribution is 2.37. The monoisotopic (exact) mass is 663 g/mol. The number of hydrogen-bond acceptors (Lipinski definition) is 8. The molecule has 10 nitrogen and oxygen atoms in total. The largest absolute Gasteiger partial charge is 0.353 e. The van der Waals surface area contributed by atoms with Gasteiger partial charge in [0.05, 0.1) is 21.8 Å². The van der Waals surface area contributed by atoms with Gasteiger partial charge in [-0.3, -0.25) is 33.3 Å². The molecule has 0 spiro atoms. The molecular weight excluding hydrogens is 631 g/mol. The lowest BCUT2D eigenvalue weighted by Gasteiger charge is -2.36. The number of carbonyl (C=O) groups is 1. The molecule has 3 aromatic heterocycles. The summed E-state index contributed by atoms with van der Waals surface area (Å²) < 4.78 is 4.99. The maximum Gasteiger partial charge on any atom is 0.296 e. The topological polar surface area (TPSA) is 88.1 Å². The normalized spacial score (nSPS) is 16.6. The van der Waals surface area contributed by atoms with E-state index in [-0.39, 0.29) is 26.0 Å². The number of fused-ring (bicyclic) bond motifs is 1. The van der Waals surface area contributed by atoms with Crippen molar-refractivity contribution in [2.24, 2.45) is 7.05 Å². The molecule has 2 aliphatic rings. The average Bonchev–Trinajstić information content (AvgIpc) is 3.47. The lowest BCUT2D eigenvalue weighted by molar-refractivity contribution is -0.113. The Morgan fingerprint density at radius 3 is 2.26 bits per heavy atom. The molecule has 12 heteroatoms. The van der Waals surface area contributed by atoms with Gasteiger partial charge in [0, 0.05) is 46.0 Å². The summed E-state index contributed by atoms with van der Waals surface area (Å²) in [6, 6.07) is 23.4. The number of aromatic nitrogens is 4. The standard InChI is InChI=1S/C35H33N7O3S2/c1-23-11-10-16-40-30(23)36-31(39-19-17-38(18-20-39)22-25-12-6-4-7-13-25)27(32(40)43)21-28-33(44)41(35(46)47-28)29-24(2)37(3)42(34(29)45)26-14-8-5-9-15-26/h4-16,21H,17-20,22H2,1-3H3. The summed E-state index contributed by atoms with van der Waals surface area (Å²) in [5.74, 6) is 0.0923. The van der Waals surface area contributed by atoms with Crippen molar-refractivity contribution in [3.05, 3.63) is 127 Å². The van der Waals surface area contributed by atoms with Crippen LogP contribution in [0.25, 0.3) is 17.4 Å². The van der Waals surface area contributed by atoms with Crippen molar-refractivity contribution in [1.29, 1.82) is 0 Å². The van der Waals surface area contributed by atoms with E-state index in [2.05, 4.69) is 21.9 Å². The molecule has 238 valence electrons. The Morgan fingerprint density at radius 1 is 0.872 bits per heavy atom. The highest BCUT2D eigenvalue weighted by atomic mass is 32.2. The molecule has 0 atom stereocenters. The highest BCUT2D eigenvalue weighted by molar-refractivity contribution is 8.27. The van der Waals surface area contributed by atoms with E-state index < -0.39 is 5.91 Å². The van der Waals surface area contributed by atoms with Crippen LogP contribution >= 0.6 is 24.0 Å². The zero-order valence-electron chi connectivity index (χ0n) is 26.3. The number of pyridine rings is 1. The van der Waals surface area contributed by atoms with Crippen molar-refractivity contribution in [1.82, 2.24) is 23.6 Å². The van der Waals surface area contributed by atoms with Gasteiger partial charge in [0.2, 0.25) is 0 Å². The van der Waals surface area contributed by atoms with Crippen LogP contribution in [0.2, 0.25) is 0 Å². The van der Waals surface area contributed by atoms with Crippen LogP contribution in [-0.4, -0.2) is 60.1 Å². The summed E-state index contributed by atoms with van der Waals surface area (Å²) in [5.41, 5.74) is 3.86. The second-order valence-electron chi connectivity index (χ2n) is 11.7. The van der Waals surface area contributed by atoms with Crippen LogP contribution in [-0.2, 0) is 18.4 Å². The Morgan fingerprint density at radius 2 is 1.55 bits per heavy atom. The van der Waals surface area contributed by atoms with Crippen LogP contribution in [0.5, 0.6) is 0 Å². The number of benzene rings is 2. The van der Waals surface area contributed by atoms with Crippen molar-refractivity contribution >= 4 is 57.4 Å². The van der Waals surface area contributed by atoms with Gasteiger partial charge < -0.3 is 4.90 Å². The first-order chi connectivity index (χ1) is 22.7. The van der Waals surface area contributed by atoms with E-state index in [9.17, 15) is 14.4 Å². The minimum atomic E-state index is -0.446. The van der Waals surface area contributed by atoms with Crippen LogP contribution in [0.1, 0.15) is 22.4 Å². The van der Waals surface area contributed by atoms with E-state index >= 15 is 0 Å². The molecular formula is C35H33N7O3S2. The highest BCUT2D eigenvalue weighted by Gasteiger charge is 2.38. The fraction of sp³-hybridized carbons (Fsp3) is 0.229. The van der Waals surface area contributed by atoms with Gasteiger partial charge in [-0.15, -0.1) is 0 Å². The lowest BCUT2D eigenvalue weighted by atomic mass is 10.1. The molecule has 2 fully saturated rings. The Kier molecular flexibility index (Phi) is 8.16. The van der Waals surface area contributed by atoms with Crippen LogP contribution in [0.15, 0.2) is 93.5 Å². The second-order valence-corrected chi connectivity index (χ2v) is 13.4. The number of nitrogens with zero attached hydrogens (tertiary/aromatic N) is 7. The fourth-order valence-electron chi connectivity index (χ4n) is 6.23. The van der Waals surface area contributed by atoms with Gasteiger partial charge >= 0.3 is 0 Å². The third-order valence-electron chi connectivity index (χ3n) is 8.80. The fourth-order valence-corrected chi connectivity index (χ4v) is 7.48. The van der Waals surface area contributed by atoms with Crippen molar-refractivity contribution in [2.75, 3.05) is 36.0 Å². The number of thiocarbonyl (C=S) groups is 1. The maximum atomic E-state index is 14.1. The van der Waals surface area contributed by atoms with E-state index in [4.69, 9.17) is 17.2 Å². The smallest absolute Gasteiger partial charge is 0.296 e. The number of piperazine rings is 1. The van der Waals surface area contributed by atoms with Gasteiger partial charge in [0.15, 0.2) is 4.32 Å². The Bertz CT molecular complexity index is 2180. The molecule has 47 heavy (non-hydrogen) atoms. The number of thioether (sulfide) groups is 1. The average molecular weight is 664 g/mol. The summed E-state index contributed by atoms with van der Waals surface area (Å²) >= 11 is 6.77. The number of para-hydroxylation sites is 1. The van der Waals surface area contributed by atoms with Crippen molar-refractivity contribution in [2.45, 2.75) is 20.4 Å². The first-order valence-electron chi connectivity index (χ1n) is 15.4. The van der Waals surface area contributed by atoms with E-state index in [1.54, 1.807) is 30.9 Å². The summed E-state index contributed by atoms with van der Waals surface area (Å²) in [6.07, 6.45) is 3.30. The Hall–Kier alpha value is -4.78. The van der Waals surface area contributed by atoms with Crippen LogP contribution in [0.3, 0.4) is 0 Å². The molecule has 0 saturated carbocycles. The number of rotatable bonds is 6. The minimum absolute atomic E-state index is 0.195. The Labute approximate surface area is 281 Å². The van der Waals surface area contributed by atoms with Gasteiger partial charge in [-0.1, -0.05) is 78.6 Å². The molecule has 2 aromatic carbocycles. The van der Waals surface area contributed by atoms with E-state index in [1.807, 2.05) is 67.6 Å². The number of aryl methyl sites for hydroxylation is 1. The zero-order chi connectivity index (χ0) is 32.8. The van der Waals surface area contributed by atoms with E-state index in [0.29, 0.717) is 41.5 Å². The summed E-state index contributed by atoms with van der Waals surface area (Å²) in [7, 11) is 1.77. The number of carbonyl (C=O) groups excluding carboxylic acids is 1. The number of anilines is 2. The summed E-state index contributed by atoms with van der Waals surface area (Å²) in [5, 5.41) is 0. The van der Waals surface area contributed by atoms with E-state index in [1.165, 1.54) is 19.5 Å². The molecule has 7 rings (SSSR count). The first-order valence-corrected chi connectivity index (χ1v) is 16.6. The minimum Gasteiger partial charge on any atom is -0.353 e. The molecule has 5 aromatic rings. The van der Waals surface area contributed by atoms with Gasteiger partial charge in [-0.2, -0.15) is 0 Å². The second kappa shape index (κ2) is 12.4. The quantitative estimate of drug-likeness (QED) is 0.194. The molecule has 0 unspecified atom stereocenters. The molecule has 5 heterocycles. The molecule has 2 saturated heterocycles. The Balaban J connectivity index is 1.26. The first kappa shape index (κ1) is 30.9. The van der Waals surface area contributed by atoms with Crippen LogP contribution < -0.4 is 20.9 Å². The predicted molar refractivity (Wildman–Crippen MR) is 192 cm³/mol. The molecule has 0 bridgehead atoms. The number of hydrogen-bond donors (Lipinski definition) is 0. The van der Waals surface area contributed by atoms with Gasteiger partial charge in [-0.25, -0.2) is 9.67 Å². The molecule has 0 radical (unpaired) electrons. The molecule has 2 aliphatic heterocycles. The summed E-state index contributed by atoms with van der Waals surface area (Å²) in [4.78, 5) is 53.0.